The minimum Gasteiger partial charge on any atom is -0.480 e. The van der Waals surface area contributed by atoms with Gasteiger partial charge in [-0.05, 0) is 85.2 Å². The highest BCUT2D eigenvalue weighted by molar-refractivity contribution is 7.86. The summed E-state index contributed by atoms with van der Waals surface area (Å²) in [6, 6.07) is 22.1. The summed E-state index contributed by atoms with van der Waals surface area (Å²) in [5.74, 6) is 2.29. The van der Waals surface area contributed by atoms with Crippen molar-refractivity contribution in [3.63, 3.8) is 0 Å². The van der Waals surface area contributed by atoms with Gasteiger partial charge in [0.15, 0.2) is 12.6 Å². The smallest absolute Gasteiger partial charge is 0.264 e. The van der Waals surface area contributed by atoms with Crippen molar-refractivity contribution in [2.75, 3.05) is 26.1 Å². The second-order valence-corrected chi connectivity index (χ2v) is 13.3. The Kier molecular flexibility index (Phi) is 9.90. The van der Waals surface area contributed by atoms with Crippen molar-refractivity contribution in [2.24, 2.45) is 0 Å². The molecule has 3 unspecified atom stereocenters. The SMILES string of the molecule is CC1=C(c2cccc(OC3CCCCO3)c2)C(c2ccc(C=CCOS(C)(=O)=O)cc2)Oc2ccc(OC3CCCCO3)cc21. The fourth-order valence-corrected chi connectivity index (χ4v) is 6.21. The molecule has 8 nitrogen and oxygen atoms in total. The van der Waals surface area contributed by atoms with E-state index < -0.39 is 10.1 Å². The molecule has 0 bridgehead atoms. The van der Waals surface area contributed by atoms with Crippen LogP contribution in [0.5, 0.6) is 17.2 Å². The van der Waals surface area contributed by atoms with Gasteiger partial charge in [-0.3, -0.25) is 4.18 Å². The van der Waals surface area contributed by atoms with Gasteiger partial charge >= 0.3 is 0 Å². The Morgan fingerprint density at radius 2 is 1.53 bits per heavy atom. The van der Waals surface area contributed by atoms with E-state index in [4.69, 9.17) is 27.9 Å². The van der Waals surface area contributed by atoms with Crippen molar-refractivity contribution >= 4 is 27.3 Å². The van der Waals surface area contributed by atoms with E-state index in [9.17, 15) is 8.42 Å². The first-order valence-electron chi connectivity index (χ1n) is 15.6. The number of fused-ring (bicyclic) bond motifs is 1. The Balaban J connectivity index is 1.32. The molecule has 0 amide bonds. The number of allylic oxidation sites excluding steroid dienone is 1. The van der Waals surface area contributed by atoms with Crippen LogP contribution in [0.2, 0.25) is 0 Å². The first kappa shape index (κ1) is 31.4. The summed E-state index contributed by atoms with van der Waals surface area (Å²) in [7, 11) is -3.49. The Hall–Kier alpha value is -3.63. The maximum Gasteiger partial charge on any atom is 0.264 e. The Morgan fingerprint density at radius 1 is 0.844 bits per heavy atom. The van der Waals surface area contributed by atoms with Crippen molar-refractivity contribution < 1.29 is 36.3 Å². The Morgan fingerprint density at radius 3 is 2.18 bits per heavy atom. The fraction of sp³-hybridized carbons (Fsp3) is 0.389. The summed E-state index contributed by atoms with van der Waals surface area (Å²) in [6.07, 6.45) is 9.76. The number of hydrogen-bond donors (Lipinski definition) is 0. The van der Waals surface area contributed by atoms with Crippen LogP contribution in [-0.4, -0.2) is 47.1 Å². The first-order chi connectivity index (χ1) is 21.8. The summed E-state index contributed by atoms with van der Waals surface area (Å²) < 4.78 is 58.2. The van der Waals surface area contributed by atoms with Crippen LogP contribution in [0.25, 0.3) is 17.2 Å². The molecular weight excluding hydrogens is 592 g/mol. The number of rotatable bonds is 10. The van der Waals surface area contributed by atoms with Crippen LogP contribution in [0.15, 0.2) is 72.8 Å². The molecule has 0 aliphatic carbocycles. The van der Waals surface area contributed by atoms with Crippen LogP contribution in [0.1, 0.15) is 73.8 Å². The molecule has 0 N–H and O–H groups in total. The van der Waals surface area contributed by atoms with Crippen LogP contribution in [0, 0.1) is 0 Å². The lowest BCUT2D eigenvalue weighted by atomic mass is 9.86. The lowest BCUT2D eigenvalue weighted by Crippen LogP contribution is -2.25. The molecule has 3 heterocycles. The third-order valence-electron chi connectivity index (χ3n) is 8.15. The molecule has 0 aromatic heterocycles. The van der Waals surface area contributed by atoms with Crippen molar-refractivity contribution in [1.82, 2.24) is 0 Å². The van der Waals surface area contributed by atoms with E-state index in [1.807, 2.05) is 60.7 Å². The molecule has 0 spiro atoms. The highest BCUT2D eigenvalue weighted by atomic mass is 32.2. The van der Waals surface area contributed by atoms with E-state index in [1.54, 1.807) is 6.08 Å². The summed E-state index contributed by atoms with van der Waals surface area (Å²) in [4.78, 5) is 0. The number of ether oxygens (including phenoxy) is 5. The predicted octanol–water partition coefficient (Wildman–Crippen LogP) is 7.55. The van der Waals surface area contributed by atoms with Gasteiger partial charge in [0.2, 0.25) is 0 Å². The molecule has 2 saturated heterocycles. The maximum atomic E-state index is 11.3. The zero-order valence-corrected chi connectivity index (χ0v) is 26.6. The van der Waals surface area contributed by atoms with Crippen LogP contribution in [-0.2, 0) is 23.8 Å². The summed E-state index contributed by atoms with van der Waals surface area (Å²) in [5, 5.41) is 0. The van der Waals surface area contributed by atoms with Gasteiger partial charge < -0.3 is 23.7 Å². The van der Waals surface area contributed by atoms with Crippen LogP contribution in [0.4, 0.5) is 0 Å². The molecule has 3 aromatic carbocycles. The van der Waals surface area contributed by atoms with Gasteiger partial charge in [-0.1, -0.05) is 48.6 Å². The van der Waals surface area contributed by atoms with E-state index in [1.165, 1.54) is 0 Å². The van der Waals surface area contributed by atoms with Crippen LogP contribution < -0.4 is 14.2 Å². The van der Waals surface area contributed by atoms with Gasteiger partial charge in [0.1, 0.15) is 23.4 Å². The second-order valence-electron chi connectivity index (χ2n) is 11.6. The molecule has 0 radical (unpaired) electrons. The molecule has 3 aliphatic rings. The van der Waals surface area contributed by atoms with Crippen molar-refractivity contribution in [2.45, 2.75) is 64.1 Å². The van der Waals surface area contributed by atoms with Crippen LogP contribution in [0.3, 0.4) is 0 Å². The van der Waals surface area contributed by atoms with Crippen molar-refractivity contribution in [1.29, 1.82) is 0 Å². The summed E-state index contributed by atoms with van der Waals surface area (Å²) >= 11 is 0. The highest BCUT2D eigenvalue weighted by Gasteiger charge is 2.30. The molecule has 3 aromatic rings. The zero-order chi connectivity index (χ0) is 31.2. The molecule has 3 aliphatic heterocycles. The van der Waals surface area contributed by atoms with Crippen molar-refractivity contribution in [3.8, 4) is 17.2 Å². The van der Waals surface area contributed by atoms with Crippen molar-refractivity contribution in [3.05, 3.63) is 95.1 Å². The monoisotopic (exact) mass is 632 g/mol. The van der Waals surface area contributed by atoms with Gasteiger partial charge in [-0.2, -0.15) is 8.42 Å². The molecule has 3 atom stereocenters. The number of benzene rings is 3. The highest BCUT2D eigenvalue weighted by Crippen LogP contribution is 2.48. The normalized spacial score (nSPS) is 22.1. The zero-order valence-electron chi connectivity index (χ0n) is 25.8. The second kappa shape index (κ2) is 14.2. The Labute approximate surface area is 265 Å². The largest absolute Gasteiger partial charge is 0.480 e. The quantitative estimate of drug-likeness (QED) is 0.212. The average molecular weight is 633 g/mol. The lowest BCUT2D eigenvalue weighted by molar-refractivity contribution is -0.106. The fourth-order valence-electron chi connectivity index (χ4n) is 5.89. The molecular formula is C36H40O8S. The van der Waals surface area contributed by atoms with Gasteiger partial charge in [0, 0.05) is 24.0 Å². The predicted molar refractivity (Wildman–Crippen MR) is 173 cm³/mol. The molecule has 6 rings (SSSR count). The lowest BCUT2D eigenvalue weighted by Gasteiger charge is -2.32. The van der Waals surface area contributed by atoms with E-state index in [0.717, 1.165) is 102 Å². The molecule has 238 valence electrons. The summed E-state index contributed by atoms with van der Waals surface area (Å²) in [6.45, 7) is 3.55. The standard InChI is InChI=1S/C36H40O8S/c1-25-31-24-30(43-34-13-4-6-21-40-34)18-19-32(31)44-36(27-16-14-26(15-17-27)9-8-22-41-45(2,37)38)35(25)28-10-7-11-29(23-28)42-33-12-3-5-20-39-33/h7-11,14-19,23-24,33-34,36H,3-6,12-13,20-22H2,1-2H3. The topological polar surface area (TPSA) is 89.5 Å². The third-order valence-corrected chi connectivity index (χ3v) is 8.71. The van der Waals surface area contributed by atoms with E-state index in [0.29, 0.717) is 6.61 Å². The molecule has 0 saturated carbocycles. The van der Waals surface area contributed by atoms with Crippen LogP contribution >= 0.6 is 0 Å². The minimum atomic E-state index is -3.49. The van der Waals surface area contributed by atoms with Gasteiger partial charge in [0.25, 0.3) is 10.1 Å². The Bertz CT molecular complexity index is 1630. The average Bonchev–Trinajstić information content (AvgIpc) is 3.04. The first-order valence-corrected chi connectivity index (χ1v) is 17.4. The molecule has 9 heteroatoms. The van der Waals surface area contributed by atoms with Gasteiger partial charge in [-0.15, -0.1) is 0 Å². The van der Waals surface area contributed by atoms with E-state index in [2.05, 4.69) is 19.1 Å². The molecule has 45 heavy (non-hydrogen) atoms. The van der Waals surface area contributed by atoms with E-state index >= 15 is 0 Å². The minimum absolute atomic E-state index is 0.0158. The molecule has 2 fully saturated rings. The maximum absolute atomic E-state index is 11.3. The van der Waals surface area contributed by atoms with Gasteiger partial charge in [-0.25, -0.2) is 0 Å². The third kappa shape index (κ3) is 8.16. The van der Waals surface area contributed by atoms with Gasteiger partial charge in [0.05, 0.1) is 26.1 Å². The number of hydrogen-bond acceptors (Lipinski definition) is 8. The summed E-state index contributed by atoms with van der Waals surface area (Å²) in [5.41, 5.74) is 6.00. The van der Waals surface area contributed by atoms with E-state index in [-0.39, 0.29) is 25.3 Å².